The topological polar surface area (TPSA) is 70.3 Å². The van der Waals surface area contributed by atoms with Gasteiger partial charge < -0.3 is 14.6 Å². The molecule has 0 aliphatic heterocycles. The highest BCUT2D eigenvalue weighted by atomic mass is 16.5. The summed E-state index contributed by atoms with van der Waals surface area (Å²) in [6.45, 7) is 5.12. The Balaban J connectivity index is 1.51. The van der Waals surface area contributed by atoms with Crippen molar-refractivity contribution in [1.82, 2.24) is 9.47 Å². The Hall–Kier alpha value is -2.78. The lowest BCUT2D eigenvalue weighted by atomic mass is 9.95. The quantitative estimate of drug-likeness (QED) is 0.628. The average Bonchev–Trinajstić information content (AvgIpc) is 3.62. The van der Waals surface area contributed by atoms with E-state index in [1.165, 1.54) is 24.8 Å². The van der Waals surface area contributed by atoms with Crippen LogP contribution in [-0.2, 0) is 11.3 Å². The smallest absolute Gasteiger partial charge is 0.239 e. The second-order valence-electron chi connectivity index (χ2n) is 9.24. The minimum Gasteiger partial charge on any atom is -0.497 e. The Bertz CT molecular complexity index is 992. The SMILES string of the molecule is COc1ccc(CN(CC(=O)Nc2c(C#N)c(C)c(C)n2C2CCCCC2)C2CC2)cc1. The summed E-state index contributed by atoms with van der Waals surface area (Å²) in [6.07, 6.45) is 8.14. The first-order valence-electron chi connectivity index (χ1n) is 11.8. The summed E-state index contributed by atoms with van der Waals surface area (Å²) in [7, 11) is 1.66. The van der Waals surface area contributed by atoms with E-state index < -0.39 is 0 Å². The highest BCUT2D eigenvalue weighted by molar-refractivity contribution is 5.93. The summed E-state index contributed by atoms with van der Waals surface area (Å²) in [6, 6.07) is 11.2. The molecule has 0 radical (unpaired) electrons. The van der Waals surface area contributed by atoms with Gasteiger partial charge in [0.1, 0.15) is 17.6 Å². The zero-order chi connectivity index (χ0) is 22.7. The zero-order valence-corrected chi connectivity index (χ0v) is 19.5. The molecule has 1 N–H and O–H groups in total. The van der Waals surface area contributed by atoms with Gasteiger partial charge in [-0.2, -0.15) is 5.26 Å². The Morgan fingerprint density at radius 1 is 1.16 bits per heavy atom. The van der Waals surface area contributed by atoms with Gasteiger partial charge in [-0.25, -0.2) is 0 Å². The first kappa shape index (κ1) is 22.4. The predicted octanol–water partition coefficient (Wildman–Crippen LogP) is 5.09. The van der Waals surface area contributed by atoms with E-state index >= 15 is 0 Å². The van der Waals surface area contributed by atoms with Crippen molar-refractivity contribution >= 4 is 11.7 Å². The summed E-state index contributed by atoms with van der Waals surface area (Å²) in [5.41, 5.74) is 3.85. The lowest BCUT2D eigenvalue weighted by molar-refractivity contribution is -0.117. The normalized spacial score (nSPS) is 16.7. The molecule has 0 spiro atoms. The Morgan fingerprint density at radius 3 is 2.44 bits per heavy atom. The van der Waals surface area contributed by atoms with Gasteiger partial charge in [0, 0.05) is 24.3 Å². The lowest BCUT2D eigenvalue weighted by Gasteiger charge is -2.27. The third kappa shape index (κ3) is 4.83. The number of nitrogens with one attached hydrogen (secondary N) is 1. The largest absolute Gasteiger partial charge is 0.497 e. The van der Waals surface area contributed by atoms with Crippen LogP contribution in [0.5, 0.6) is 5.75 Å². The molecule has 2 fully saturated rings. The van der Waals surface area contributed by atoms with Crippen molar-refractivity contribution in [3.05, 3.63) is 46.6 Å². The van der Waals surface area contributed by atoms with Crippen molar-refractivity contribution in [2.24, 2.45) is 0 Å². The fourth-order valence-electron chi connectivity index (χ4n) is 4.96. The lowest BCUT2D eigenvalue weighted by Crippen LogP contribution is -2.35. The summed E-state index contributed by atoms with van der Waals surface area (Å²) in [5, 5.41) is 13.0. The number of hydrogen-bond donors (Lipinski definition) is 1. The van der Waals surface area contributed by atoms with Crippen LogP contribution in [0.2, 0.25) is 0 Å². The average molecular weight is 435 g/mol. The maximum atomic E-state index is 13.2. The number of ether oxygens (including phenoxy) is 1. The van der Waals surface area contributed by atoms with Gasteiger partial charge in [-0.05, 0) is 62.8 Å². The van der Waals surface area contributed by atoms with Crippen LogP contribution in [0, 0.1) is 25.2 Å². The first-order chi connectivity index (χ1) is 15.5. The van der Waals surface area contributed by atoms with E-state index in [-0.39, 0.29) is 5.91 Å². The number of benzene rings is 1. The van der Waals surface area contributed by atoms with Gasteiger partial charge in [0.2, 0.25) is 5.91 Å². The van der Waals surface area contributed by atoms with Gasteiger partial charge in [0.25, 0.3) is 0 Å². The Labute approximate surface area is 191 Å². The monoisotopic (exact) mass is 434 g/mol. The molecule has 2 aliphatic carbocycles. The molecule has 4 rings (SSSR count). The summed E-state index contributed by atoms with van der Waals surface area (Å²) >= 11 is 0. The Kier molecular flexibility index (Phi) is 6.86. The van der Waals surface area contributed by atoms with E-state index in [2.05, 4.69) is 39.9 Å². The first-order valence-corrected chi connectivity index (χ1v) is 11.8. The molecule has 1 heterocycles. The van der Waals surface area contributed by atoms with Gasteiger partial charge in [0.15, 0.2) is 0 Å². The number of rotatable bonds is 8. The van der Waals surface area contributed by atoms with Gasteiger partial charge in [-0.1, -0.05) is 31.4 Å². The molecule has 1 aromatic carbocycles. The van der Waals surface area contributed by atoms with Crippen molar-refractivity contribution in [3.8, 4) is 11.8 Å². The molecular weight excluding hydrogens is 400 g/mol. The molecule has 2 aliphatic rings. The number of amides is 1. The molecule has 2 aromatic rings. The van der Waals surface area contributed by atoms with Gasteiger partial charge >= 0.3 is 0 Å². The third-order valence-corrected chi connectivity index (χ3v) is 7.02. The van der Waals surface area contributed by atoms with E-state index in [0.29, 0.717) is 30.0 Å². The molecule has 0 unspecified atom stereocenters. The number of aromatic nitrogens is 1. The van der Waals surface area contributed by atoms with E-state index in [1.807, 2.05) is 19.1 Å². The van der Waals surface area contributed by atoms with Crippen LogP contribution in [-0.4, -0.2) is 35.1 Å². The van der Waals surface area contributed by atoms with Crippen LogP contribution < -0.4 is 10.1 Å². The van der Waals surface area contributed by atoms with Crippen molar-refractivity contribution in [3.63, 3.8) is 0 Å². The number of nitriles is 1. The van der Waals surface area contributed by atoms with Crippen LogP contribution in [0.15, 0.2) is 24.3 Å². The maximum Gasteiger partial charge on any atom is 0.239 e. The number of carbonyl (C=O) groups excluding carboxylic acids is 1. The van der Waals surface area contributed by atoms with E-state index in [4.69, 9.17) is 4.74 Å². The van der Waals surface area contributed by atoms with Gasteiger partial charge in [-0.15, -0.1) is 0 Å². The molecule has 0 atom stereocenters. The van der Waals surface area contributed by atoms with Crippen LogP contribution in [0.1, 0.15) is 73.4 Å². The van der Waals surface area contributed by atoms with Crippen LogP contribution in [0.3, 0.4) is 0 Å². The van der Waals surface area contributed by atoms with Crippen molar-refractivity contribution in [1.29, 1.82) is 5.26 Å². The molecule has 1 aromatic heterocycles. The fourth-order valence-corrected chi connectivity index (χ4v) is 4.96. The van der Waals surface area contributed by atoms with E-state index in [1.54, 1.807) is 7.11 Å². The Morgan fingerprint density at radius 2 is 1.84 bits per heavy atom. The fraction of sp³-hybridized carbons (Fsp3) is 0.538. The maximum absolute atomic E-state index is 13.2. The zero-order valence-electron chi connectivity index (χ0n) is 19.5. The highest BCUT2D eigenvalue weighted by Crippen LogP contribution is 2.37. The van der Waals surface area contributed by atoms with Crippen molar-refractivity contribution < 1.29 is 9.53 Å². The van der Waals surface area contributed by atoms with Crippen LogP contribution >= 0.6 is 0 Å². The standard InChI is InChI=1S/C26H34N4O2/c1-18-19(2)30(22-7-5-4-6-8-22)26(24(18)15-27)28-25(31)17-29(21-11-12-21)16-20-9-13-23(32-3)14-10-20/h9-10,13-14,21-22H,4-8,11-12,16-17H2,1-3H3,(H,28,31). The summed E-state index contributed by atoms with van der Waals surface area (Å²) < 4.78 is 7.49. The number of carbonyl (C=O) groups is 1. The predicted molar refractivity (Wildman–Crippen MR) is 126 cm³/mol. The van der Waals surface area contributed by atoms with Crippen molar-refractivity contribution in [2.75, 3.05) is 19.0 Å². The van der Waals surface area contributed by atoms with E-state index in [9.17, 15) is 10.1 Å². The van der Waals surface area contributed by atoms with Crippen molar-refractivity contribution in [2.45, 2.75) is 77.4 Å². The van der Waals surface area contributed by atoms with Crippen LogP contribution in [0.4, 0.5) is 5.82 Å². The second kappa shape index (κ2) is 9.79. The molecule has 6 nitrogen and oxygen atoms in total. The molecule has 170 valence electrons. The molecule has 6 heteroatoms. The second-order valence-corrected chi connectivity index (χ2v) is 9.24. The molecular formula is C26H34N4O2. The summed E-state index contributed by atoms with van der Waals surface area (Å²) in [4.78, 5) is 15.4. The molecule has 1 amide bonds. The number of nitrogens with zero attached hydrogens (tertiary/aromatic N) is 3. The van der Waals surface area contributed by atoms with Gasteiger partial charge in [-0.3, -0.25) is 9.69 Å². The molecule has 0 bridgehead atoms. The minimum absolute atomic E-state index is 0.0449. The third-order valence-electron chi connectivity index (χ3n) is 7.02. The molecule has 0 saturated heterocycles. The summed E-state index contributed by atoms with van der Waals surface area (Å²) in [5.74, 6) is 1.48. The highest BCUT2D eigenvalue weighted by Gasteiger charge is 2.31. The molecule has 2 saturated carbocycles. The minimum atomic E-state index is -0.0449. The number of hydrogen-bond acceptors (Lipinski definition) is 4. The number of methoxy groups -OCH3 is 1. The van der Waals surface area contributed by atoms with Gasteiger partial charge in [0.05, 0.1) is 19.2 Å². The van der Waals surface area contributed by atoms with E-state index in [0.717, 1.165) is 49.2 Å². The molecule has 32 heavy (non-hydrogen) atoms. The number of anilines is 1. The van der Waals surface area contributed by atoms with Crippen LogP contribution in [0.25, 0.3) is 0 Å².